The van der Waals surface area contributed by atoms with Gasteiger partial charge in [-0.3, -0.25) is 0 Å². The molecule has 0 spiro atoms. The number of fused-ring (bicyclic) bond motifs is 1. The Morgan fingerprint density at radius 2 is 2.00 bits per heavy atom. The number of cyclic esters (lactones) is 1. The average Bonchev–Trinajstić information content (AvgIpc) is 2.51. The fraction of sp³-hybridized carbons (Fsp3) is 0.462. The van der Waals surface area contributed by atoms with Gasteiger partial charge in [0.15, 0.2) is 0 Å². The lowest BCUT2D eigenvalue weighted by Crippen LogP contribution is -2.40. The predicted octanol–water partition coefficient (Wildman–Crippen LogP) is 2.06. The summed E-state index contributed by atoms with van der Waals surface area (Å²) >= 11 is 0. The first-order valence-corrected chi connectivity index (χ1v) is 5.44. The van der Waals surface area contributed by atoms with Crippen molar-refractivity contribution < 1.29 is 19.4 Å². The number of carbonyl (C=O) groups is 1. The van der Waals surface area contributed by atoms with Gasteiger partial charge in [0.2, 0.25) is 5.79 Å². The summed E-state index contributed by atoms with van der Waals surface area (Å²) in [6.07, 6.45) is 0. The molecule has 1 heterocycles. The molecule has 0 aliphatic carbocycles. The molecule has 0 saturated carbocycles. The molecule has 1 aromatic carbocycles. The SMILES string of the molecule is COc1ccc2c(c1)C(O)(C(C)(C)C)OC2=O. The van der Waals surface area contributed by atoms with Gasteiger partial charge in [-0.05, 0) is 18.2 Å². The van der Waals surface area contributed by atoms with Crippen LogP contribution in [0.15, 0.2) is 18.2 Å². The van der Waals surface area contributed by atoms with E-state index in [9.17, 15) is 9.90 Å². The largest absolute Gasteiger partial charge is 0.497 e. The zero-order valence-corrected chi connectivity index (χ0v) is 10.4. The van der Waals surface area contributed by atoms with E-state index in [-0.39, 0.29) is 0 Å². The van der Waals surface area contributed by atoms with Gasteiger partial charge in [-0.25, -0.2) is 4.79 Å². The number of rotatable bonds is 1. The summed E-state index contributed by atoms with van der Waals surface area (Å²) in [6.45, 7) is 5.44. The molecule has 92 valence electrons. The molecule has 2 rings (SSSR count). The highest BCUT2D eigenvalue weighted by molar-refractivity contribution is 5.94. The van der Waals surface area contributed by atoms with Crippen LogP contribution in [-0.4, -0.2) is 18.2 Å². The van der Waals surface area contributed by atoms with E-state index in [0.717, 1.165) is 0 Å². The van der Waals surface area contributed by atoms with E-state index >= 15 is 0 Å². The molecule has 0 saturated heterocycles. The van der Waals surface area contributed by atoms with Gasteiger partial charge in [-0.15, -0.1) is 0 Å². The molecule has 1 N–H and O–H groups in total. The molecule has 0 fully saturated rings. The normalized spacial score (nSPS) is 23.2. The van der Waals surface area contributed by atoms with E-state index in [1.54, 1.807) is 18.2 Å². The monoisotopic (exact) mass is 236 g/mol. The molecular weight excluding hydrogens is 220 g/mol. The Balaban J connectivity index is 2.63. The highest BCUT2D eigenvalue weighted by Crippen LogP contribution is 2.47. The average molecular weight is 236 g/mol. The number of hydrogen-bond acceptors (Lipinski definition) is 4. The van der Waals surface area contributed by atoms with Gasteiger partial charge < -0.3 is 14.6 Å². The lowest BCUT2D eigenvalue weighted by atomic mass is 9.80. The summed E-state index contributed by atoms with van der Waals surface area (Å²) in [6, 6.07) is 4.93. The molecule has 1 unspecified atom stereocenters. The van der Waals surface area contributed by atoms with Crippen molar-refractivity contribution in [1.82, 2.24) is 0 Å². The molecular formula is C13H16O4. The highest BCUT2D eigenvalue weighted by Gasteiger charge is 2.52. The second kappa shape index (κ2) is 3.47. The summed E-state index contributed by atoms with van der Waals surface area (Å²) in [5, 5.41) is 10.6. The fourth-order valence-corrected chi connectivity index (χ4v) is 1.91. The van der Waals surface area contributed by atoms with E-state index in [4.69, 9.17) is 9.47 Å². The lowest BCUT2D eigenvalue weighted by Gasteiger charge is -2.35. The van der Waals surface area contributed by atoms with E-state index in [1.807, 2.05) is 20.8 Å². The Labute approximate surface area is 100 Å². The van der Waals surface area contributed by atoms with Crippen LogP contribution < -0.4 is 4.74 Å². The van der Waals surface area contributed by atoms with Crippen molar-refractivity contribution >= 4 is 5.97 Å². The Morgan fingerprint density at radius 1 is 1.35 bits per heavy atom. The molecule has 1 atom stereocenters. The first-order valence-electron chi connectivity index (χ1n) is 5.44. The summed E-state index contributed by atoms with van der Waals surface area (Å²) in [5.74, 6) is -1.52. The van der Waals surface area contributed by atoms with Gasteiger partial charge in [0.1, 0.15) is 5.75 Å². The number of ether oxygens (including phenoxy) is 2. The number of methoxy groups -OCH3 is 1. The van der Waals surface area contributed by atoms with Crippen LogP contribution in [0, 0.1) is 5.41 Å². The van der Waals surface area contributed by atoms with Crippen LogP contribution in [0.2, 0.25) is 0 Å². The van der Waals surface area contributed by atoms with Crippen LogP contribution in [-0.2, 0) is 10.5 Å². The fourth-order valence-electron chi connectivity index (χ4n) is 1.91. The number of carbonyl (C=O) groups excluding carboxylic acids is 1. The molecule has 1 aliphatic rings. The maximum Gasteiger partial charge on any atom is 0.341 e. The van der Waals surface area contributed by atoms with Crippen LogP contribution >= 0.6 is 0 Å². The van der Waals surface area contributed by atoms with Crippen molar-refractivity contribution in [3.63, 3.8) is 0 Å². The van der Waals surface area contributed by atoms with Crippen molar-refractivity contribution in [1.29, 1.82) is 0 Å². The standard InChI is InChI=1S/C13H16O4/c1-12(2,3)13(15)10-7-8(16-4)5-6-9(10)11(14)17-13/h5-7,15H,1-4H3. The maximum absolute atomic E-state index is 11.7. The Kier molecular flexibility index (Phi) is 2.43. The van der Waals surface area contributed by atoms with E-state index in [0.29, 0.717) is 16.9 Å². The third-order valence-electron chi connectivity index (χ3n) is 3.07. The van der Waals surface area contributed by atoms with Crippen molar-refractivity contribution in [3.05, 3.63) is 29.3 Å². The molecule has 1 aliphatic heterocycles. The van der Waals surface area contributed by atoms with Crippen LogP contribution in [0.5, 0.6) is 5.75 Å². The number of benzene rings is 1. The van der Waals surface area contributed by atoms with Crippen LogP contribution in [0.4, 0.5) is 0 Å². The maximum atomic E-state index is 11.7. The quantitative estimate of drug-likeness (QED) is 0.758. The van der Waals surface area contributed by atoms with Gasteiger partial charge in [0.05, 0.1) is 12.7 Å². The van der Waals surface area contributed by atoms with Crippen molar-refractivity contribution in [2.24, 2.45) is 5.41 Å². The molecule has 17 heavy (non-hydrogen) atoms. The molecule has 0 amide bonds. The van der Waals surface area contributed by atoms with Crippen molar-refractivity contribution in [3.8, 4) is 5.75 Å². The summed E-state index contributed by atoms with van der Waals surface area (Å²) in [7, 11) is 1.54. The van der Waals surface area contributed by atoms with Gasteiger partial charge in [-0.2, -0.15) is 0 Å². The first-order chi connectivity index (χ1) is 7.79. The van der Waals surface area contributed by atoms with Gasteiger partial charge >= 0.3 is 5.97 Å². The first kappa shape index (κ1) is 11.9. The van der Waals surface area contributed by atoms with E-state index in [2.05, 4.69) is 0 Å². The molecule has 0 radical (unpaired) electrons. The highest BCUT2D eigenvalue weighted by atomic mass is 16.7. The second-order valence-electron chi connectivity index (χ2n) is 5.20. The summed E-state index contributed by atoms with van der Waals surface area (Å²) in [5.41, 5.74) is 0.248. The van der Waals surface area contributed by atoms with E-state index < -0.39 is 17.2 Å². The molecule has 0 aromatic heterocycles. The topological polar surface area (TPSA) is 55.8 Å². The Hall–Kier alpha value is -1.55. The number of esters is 1. The minimum atomic E-state index is -1.60. The molecule has 1 aromatic rings. The Morgan fingerprint density at radius 3 is 2.53 bits per heavy atom. The smallest absolute Gasteiger partial charge is 0.341 e. The lowest BCUT2D eigenvalue weighted by molar-refractivity contribution is -0.228. The van der Waals surface area contributed by atoms with E-state index in [1.165, 1.54) is 7.11 Å². The van der Waals surface area contributed by atoms with Gasteiger partial charge in [-0.1, -0.05) is 20.8 Å². The van der Waals surface area contributed by atoms with Crippen molar-refractivity contribution in [2.75, 3.05) is 7.11 Å². The van der Waals surface area contributed by atoms with Crippen LogP contribution in [0.1, 0.15) is 36.7 Å². The summed E-state index contributed by atoms with van der Waals surface area (Å²) < 4.78 is 10.2. The van der Waals surface area contributed by atoms with Crippen molar-refractivity contribution in [2.45, 2.75) is 26.6 Å². The molecule has 4 nitrogen and oxygen atoms in total. The third-order valence-corrected chi connectivity index (χ3v) is 3.07. The minimum absolute atomic E-state index is 0.392. The zero-order valence-electron chi connectivity index (χ0n) is 10.4. The third kappa shape index (κ3) is 1.60. The second-order valence-corrected chi connectivity index (χ2v) is 5.20. The Bertz CT molecular complexity index is 473. The number of aliphatic hydroxyl groups is 1. The number of hydrogen-bond donors (Lipinski definition) is 1. The minimum Gasteiger partial charge on any atom is -0.497 e. The van der Waals surface area contributed by atoms with Crippen LogP contribution in [0.3, 0.4) is 0 Å². The molecule has 4 heteroatoms. The van der Waals surface area contributed by atoms with Gasteiger partial charge in [0, 0.05) is 11.0 Å². The predicted molar refractivity (Wildman–Crippen MR) is 61.8 cm³/mol. The zero-order chi connectivity index (χ0) is 12.8. The van der Waals surface area contributed by atoms with Crippen LogP contribution in [0.25, 0.3) is 0 Å². The summed E-state index contributed by atoms with van der Waals surface area (Å²) in [4.78, 5) is 11.7. The van der Waals surface area contributed by atoms with Gasteiger partial charge in [0.25, 0.3) is 0 Å². The molecule has 0 bridgehead atoms.